The van der Waals surface area contributed by atoms with Gasteiger partial charge in [-0.15, -0.1) is 0 Å². The normalized spacial score (nSPS) is 20.2. The minimum absolute atomic E-state index is 0.143. The molecule has 2 unspecified atom stereocenters. The van der Waals surface area contributed by atoms with E-state index in [0.717, 1.165) is 6.04 Å². The lowest BCUT2D eigenvalue weighted by Gasteiger charge is -2.44. The van der Waals surface area contributed by atoms with Crippen molar-refractivity contribution in [3.63, 3.8) is 0 Å². The SMILES string of the molecule is CCOC(=O)C(C(=O)OCC)C1CC(C[Si](C(C)C)(C(C)C)C(C)C)OC1=O. The van der Waals surface area contributed by atoms with Crippen molar-refractivity contribution in [2.75, 3.05) is 13.2 Å². The van der Waals surface area contributed by atoms with Gasteiger partial charge in [0.25, 0.3) is 0 Å². The van der Waals surface area contributed by atoms with E-state index in [1.54, 1.807) is 13.8 Å². The van der Waals surface area contributed by atoms with E-state index in [1.807, 2.05) is 0 Å². The predicted octanol–water partition coefficient (Wildman–Crippen LogP) is 4.34. The van der Waals surface area contributed by atoms with E-state index in [9.17, 15) is 14.4 Å². The maximum atomic E-state index is 12.6. The first-order valence-electron chi connectivity index (χ1n) is 10.6. The van der Waals surface area contributed by atoms with Gasteiger partial charge >= 0.3 is 17.9 Å². The Hall–Kier alpha value is -1.37. The molecule has 1 aliphatic rings. The molecular formula is C21H38O6Si. The van der Waals surface area contributed by atoms with Gasteiger partial charge in [-0.3, -0.25) is 14.4 Å². The molecular weight excluding hydrogens is 376 g/mol. The van der Waals surface area contributed by atoms with Gasteiger partial charge < -0.3 is 14.2 Å². The molecule has 0 aromatic rings. The highest BCUT2D eigenvalue weighted by atomic mass is 28.3. The summed E-state index contributed by atoms with van der Waals surface area (Å²) in [5, 5.41) is 0. The zero-order chi connectivity index (χ0) is 21.6. The van der Waals surface area contributed by atoms with Crippen LogP contribution in [0.1, 0.15) is 61.8 Å². The van der Waals surface area contributed by atoms with Crippen LogP contribution >= 0.6 is 0 Å². The Labute approximate surface area is 170 Å². The van der Waals surface area contributed by atoms with Gasteiger partial charge in [0, 0.05) is 0 Å². The Morgan fingerprint density at radius 2 is 1.39 bits per heavy atom. The maximum absolute atomic E-state index is 12.6. The first kappa shape index (κ1) is 24.7. The molecule has 1 rings (SSSR count). The molecule has 0 spiro atoms. The average molecular weight is 415 g/mol. The second-order valence-electron chi connectivity index (χ2n) is 8.66. The highest BCUT2D eigenvalue weighted by Gasteiger charge is 2.52. The molecule has 162 valence electrons. The molecule has 28 heavy (non-hydrogen) atoms. The molecule has 0 aromatic carbocycles. The fourth-order valence-corrected chi connectivity index (χ4v) is 11.5. The minimum Gasteiger partial charge on any atom is -0.465 e. The number of rotatable bonds is 10. The zero-order valence-electron chi connectivity index (χ0n) is 18.7. The fraction of sp³-hybridized carbons (Fsp3) is 0.857. The van der Waals surface area contributed by atoms with E-state index in [2.05, 4.69) is 41.5 Å². The van der Waals surface area contributed by atoms with E-state index in [1.165, 1.54) is 0 Å². The van der Waals surface area contributed by atoms with Gasteiger partial charge in [-0.05, 0) is 26.3 Å². The molecule has 6 nitrogen and oxygen atoms in total. The summed E-state index contributed by atoms with van der Waals surface area (Å²) in [5.74, 6) is -3.98. The number of hydrogen-bond acceptors (Lipinski definition) is 6. The van der Waals surface area contributed by atoms with Crippen molar-refractivity contribution >= 4 is 26.0 Å². The Balaban J connectivity index is 3.10. The summed E-state index contributed by atoms with van der Waals surface area (Å²) in [6.45, 7) is 17.2. The first-order valence-corrected chi connectivity index (χ1v) is 13.0. The Bertz CT molecular complexity index is 517. The van der Waals surface area contributed by atoms with Crippen molar-refractivity contribution in [1.82, 2.24) is 0 Å². The number of ether oxygens (including phenoxy) is 3. The van der Waals surface area contributed by atoms with Crippen molar-refractivity contribution in [1.29, 1.82) is 0 Å². The molecule has 1 saturated heterocycles. The Morgan fingerprint density at radius 3 is 1.75 bits per heavy atom. The van der Waals surface area contributed by atoms with Crippen LogP contribution < -0.4 is 0 Å². The smallest absolute Gasteiger partial charge is 0.321 e. The van der Waals surface area contributed by atoms with Gasteiger partial charge in [-0.1, -0.05) is 58.2 Å². The minimum atomic E-state index is -1.78. The lowest BCUT2D eigenvalue weighted by Crippen LogP contribution is -2.47. The van der Waals surface area contributed by atoms with Crippen molar-refractivity contribution < 1.29 is 28.6 Å². The lowest BCUT2D eigenvalue weighted by molar-refractivity contribution is -0.168. The second-order valence-corrected chi connectivity index (χ2v) is 14.8. The van der Waals surface area contributed by atoms with Crippen LogP contribution in [0.25, 0.3) is 0 Å². The van der Waals surface area contributed by atoms with Gasteiger partial charge in [0.15, 0.2) is 5.92 Å². The summed E-state index contributed by atoms with van der Waals surface area (Å²) in [7, 11) is -1.78. The zero-order valence-corrected chi connectivity index (χ0v) is 19.7. The van der Waals surface area contributed by atoms with Crippen LogP contribution in [-0.4, -0.2) is 45.3 Å². The summed E-state index contributed by atoms with van der Waals surface area (Å²) >= 11 is 0. The van der Waals surface area contributed by atoms with Crippen molar-refractivity contribution in [3.8, 4) is 0 Å². The predicted molar refractivity (Wildman–Crippen MR) is 111 cm³/mol. The first-order chi connectivity index (χ1) is 13.0. The number of carbonyl (C=O) groups is 3. The van der Waals surface area contributed by atoms with Crippen LogP contribution in [0.15, 0.2) is 0 Å². The van der Waals surface area contributed by atoms with E-state index in [-0.39, 0.29) is 19.3 Å². The van der Waals surface area contributed by atoms with Gasteiger partial charge in [0.1, 0.15) is 6.10 Å². The fourth-order valence-electron chi connectivity index (χ4n) is 5.07. The third kappa shape index (κ3) is 5.16. The van der Waals surface area contributed by atoms with Crippen LogP contribution in [0.3, 0.4) is 0 Å². The molecule has 1 heterocycles. The van der Waals surface area contributed by atoms with Crippen LogP contribution in [0.2, 0.25) is 22.7 Å². The number of cyclic esters (lactones) is 1. The maximum Gasteiger partial charge on any atom is 0.321 e. The van der Waals surface area contributed by atoms with E-state index < -0.39 is 37.8 Å². The van der Waals surface area contributed by atoms with Gasteiger partial charge in [-0.25, -0.2) is 0 Å². The van der Waals surface area contributed by atoms with E-state index in [0.29, 0.717) is 23.0 Å². The molecule has 1 aliphatic heterocycles. The standard InChI is InChI=1S/C21H38O6Si/c1-9-25-20(23)18(21(24)26-10-2)17-11-16(27-19(17)22)12-28(13(3)4,14(5)6)15(7)8/h13-18H,9-12H2,1-8H3. The quantitative estimate of drug-likeness (QED) is 0.229. The molecule has 0 aromatic heterocycles. The Kier molecular flexibility index (Phi) is 9.18. The lowest BCUT2D eigenvalue weighted by atomic mass is 9.89. The number of carbonyl (C=O) groups excluding carboxylic acids is 3. The molecule has 0 saturated carbocycles. The van der Waals surface area contributed by atoms with Crippen LogP contribution in [-0.2, 0) is 28.6 Å². The molecule has 0 radical (unpaired) electrons. The highest BCUT2D eigenvalue weighted by Crippen LogP contribution is 2.47. The number of esters is 3. The number of hydrogen-bond donors (Lipinski definition) is 0. The van der Waals surface area contributed by atoms with Crippen molar-refractivity contribution in [2.24, 2.45) is 11.8 Å². The summed E-state index contributed by atoms with van der Waals surface area (Å²) < 4.78 is 15.8. The van der Waals surface area contributed by atoms with Crippen molar-refractivity contribution in [2.45, 2.75) is 90.6 Å². The average Bonchev–Trinajstić information content (AvgIpc) is 2.92. The Morgan fingerprint density at radius 1 is 0.964 bits per heavy atom. The summed E-state index contributed by atoms with van der Waals surface area (Å²) in [5.41, 5.74) is 1.61. The molecule has 2 atom stereocenters. The van der Waals surface area contributed by atoms with Gasteiger partial charge in [0.05, 0.1) is 27.2 Å². The third-order valence-corrected chi connectivity index (χ3v) is 14.0. The second kappa shape index (κ2) is 10.4. The van der Waals surface area contributed by atoms with Gasteiger partial charge in [0.2, 0.25) is 0 Å². The topological polar surface area (TPSA) is 78.9 Å². The monoisotopic (exact) mass is 414 g/mol. The molecule has 0 aliphatic carbocycles. The van der Waals surface area contributed by atoms with Crippen LogP contribution in [0, 0.1) is 11.8 Å². The molecule has 0 amide bonds. The molecule has 7 heteroatoms. The summed E-state index contributed by atoms with van der Waals surface area (Å²) in [6, 6.07) is 0.848. The summed E-state index contributed by atoms with van der Waals surface area (Å²) in [6.07, 6.45) is 0.102. The summed E-state index contributed by atoms with van der Waals surface area (Å²) in [4.78, 5) is 37.4. The van der Waals surface area contributed by atoms with E-state index in [4.69, 9.17) is 14.2 Å². The largest absolute Gasteiger partial charge is 0.465 e. The highest BCUT2D eigenvalue weighted by molar-refractivity contribution is 6.83. The van der Waals surface area contributed by atoms with Crippen LogP contribution in [0.5, 0.6) is 0 Å². The van der Waals surface area contributed by atoms with E-state index >= 15 is 0 Å². The van der Waals surface area contributed by atoms with Gasteiger partial charge in [-0.2, -0.15) is 0 Å². The molecule has 0 bridgehead atoms. The van der Waals surface area contributed by atoms with Crippen LogP contribution in [0.4, 0.5) is 0 Å². The molecule has 1 fully saturated rings. The third-order valence-electron chi connectivity index (χ3n) is 6.39. The van der Waals surface area contributed by atoms with Crippen molar-refractivity contribution in [3.05, 3.63) is 0 Å². The molecule has 0 N–H and O–H groups in total.